The van der Waals surface area contributed by atoms with Gasteiger partial charge in [0, 0.05) is 46.5 Å². The molecule has 0 saturated heterocycles. The number of amides is 1. The molecule has 0 aliphatic heterocycles. The Hall–Kier alpha value is -5.51. The Bertz CT molecular complexity index is 1790. The third kappa shape index (κ3) is 4.34. The Morgan fingerprint density at radius 3 is 2.62 bits per heavy atom. The van der Waals surface area contributed by atoms with E-state index in [-0.39, 0.29) is 11.5 Å². The van der Waals surface area contributed by atoms with E-state index in [2.05, 4.69) is 25.8 Å². The first-order chi connectivity index (χ1) is 18.0. The average molecular weight is 489 g/mol. The summed E-state index contributed by atoms with van der Waals surface area (Å²) in [7, 11) is 0. The van der Waals surface area contributed by atoms with Gasteiger partial charge in [-0.05, 0) is 54.6 Å². The molecule has 0 unspecified atom stereocenters. The molecule has 0 saturated carbocycles. The van der Waals surface area contributed by atoms with Gasteiger partial charge in [-0.1, -0.05) is 12.1 Å². The summed E-state index contributed by atoms with van der Waals surface area (Å²) in [5, 5.41) is 23.2. The second-order valence-electron chi connectivity index (χ2n) is 8.35. The van der Waals surface area contributed by atoms with Gasteiger partial charge in [0.2, 0.25) is 0 Å². The maximum atomic E-state index is 12.9. The van der Waals surface area contributed by atoms with E-state index in [1.807, 2.05) is 41.1 Å². The Morgan fingerprint density at radius 1 is 0.946 bits per heavy atom. The van der Waals surface area contributed by atoms with E-state index < -0.39 is 5.97 Å². The molecule has 3 aromatic heterocycles. The van der Waals surface area contributed by atoms with Gasteiger partial charge in [-0.3, -0.25) is 9.89 Å². The van der Waals surface area contributed by atoms with Crippen molar-refractivity contribution in [1.82, 2.24) is 24.6 Å². The molecule has 10 nitrogen and oxygen atoms in total. The topological polar surface area (TPSA) is 137 Å². The predicted octanol–water partition coefficient (Wildman–Crippen LogP) is 4.97. The molecule has 0 aliphatic carbocycles. The van der Waals surface area contributed by atoms with Crippen molar-refractivity contribution in [2.75, 3.05) is 10.6 Å². The van der Waals surface area contributed by atoms with Gasteiger partial charge in [-0.15, -0.1) is 0 Å². The van der Waals surface area contributed by atoms with Crippen LogP contribution in [0.25, 0.3) is 27.8 Å². The molecule has 37 heavy (non-hydrogen) atoms. The molecular weight excluding hydrogens is 470 g/mol. The first-order valence-corrected chi connectivity index (χ1v) is 11.3. The van der Waals surface area contributed by atoms with Crippen molar-refractivity contribution in [3.8, 4) is 11.3 Å². The number of carbonyl (C=O) groups is 2. The lowest BCUT2D eigenvalue weighted by molar-refractivity contribution is 0.0696. The number of rotatable bonds is 6. The van der Waals surface area contributed by atoms with E-state index in [0.717, 1.165) is 22.2 Å². The van der Waals surface area contributed by atoms with Crippen LogP contribution in [-0.4, -0.2) is 41.5 Å². The lowest BCUT2D eigenvalue weighted by Crippen LogP contribution is -2.12. The fourth-order valence-corrected chi connectivity index (χ4v) is 4.03. The van der Waals surface area contributed by atoms with E-state index >= 15 is 0 Å². The van der Waals surface area contributed by atoms with Gasteiger partial charge in [0.15, 0.2) is 11.5 Å². The highest BCUT2D eigenvalue weighted by Crippen LogP contribution is 2.26. The highest BCUT2D eigenvalue weighted by molar-refractivity contribution is 6.05. The molecule has 6 aromatic rings. The van der Waals surface area contributed by atoms with Crippen LogP contribution in [0.3, 0.4) is 0 Å². The molecule has 0 aliphatic rings. The number of H-pyrrole nitrogens is 1. The quantitative estimate of drug-likeness (QED) is 0.259. The number of nitrogens with one attached hydrogen (secondary N) is 3. The number of carboxylic acid groups (broad SMARTS) is 1. The lowest BCUT2D eigenvalue weighted by atomic mass is 10.1. The van der Waals surface area contributed by atoms with Gasteiger partial charge in [0.05, 0.1) is 23.0 Å². The predicted molar refractivity (Wildman–Crippen MR) is 139 cm³/mol. The smallest absolute Gasteiger partial charge is 0.335 e. The molecule has 1 amide bonds. The SMILES string of the molecule is O=C(O)c1ccc(NC(=O)c2cccc(-c3cn4ccnc4c(Nc4ccc5cn[nH]c5c4)n3)c2)cc1. The van der Waals surface area contributed by atoms with E-state index in [1.165, 1.54) is 12.1 Å². The highest BCUT2D eigenvalue weighted by Gasteiger charge is 2.13. The van der Waals surface area contributed by atoms with Gasteiger partial charge in [-0.25, -0.2) is 14.8 Å². The van der Waals surface area contributed by atoms with Gasteiger partial charge in [0.1, 0.15) is 0 Å². The normalized spacial score (nSPS) is 11.0. The standard InChI is InChI=1S/C27H19N7O3/c35-26(31-20-7-4-16(5-8-20)27(36)37)18-3-1-2-17(12-18)23-15-34-11-10-28-25(34)24(32-23)30-21-9-6-19-14-29-33-22(19)13-21/h1-15H,(H,29,33)(H,30,32)(H,31,35)(H,36,37). The van der Waals surface area contributed by atoms with E-state index in [4.69, 9.17) is 10.1 Å². The van der Waals surface area contributed by atoms with Crippen molar-refractivity contribution in [3.05, 3.63) is 103 Å². The molecular formula is C27H19N7O3. The van der Waals surface area contributed by atoms with Crippen LogP contribution in [0.2, 0.25) is 0 Å². The van der Waals surface area contributed by atoms with Gasteiger partial charge >= 0.3 is 5.97 Å². The number of anilines is 3. The van der Waals surface area contributed by atoms with Crippen LogP contribution < -0.4 is 10.6 Å². The molecule has 0 fully saturated rings. The third-order valence-corrected chi connectivity index (χ3v) is 5.89. The number of fused-ring (bicyclic) bond motifs is 2. The maximum Gasteiger partial charge on any atom is 0.335 e. The van der Waals surface area contributed by atoms with Crippen LogP contribution in [0, 0.1) is 0 Å². The van der Waals surface area contributed by atoms with Crippen LogP contribution in [0.5, 0.6) is 0 Å². The maximum absolute atomic E-state index is 12.9. The molecule has 4 N–H and O–H groups in total. The summed E-state index contributed by atoms with van der Waals surface area (Å²) in [5.74, 6) is -0.779. The Balaban J connectivity index is 1.30. The highest BCUT2D eigenvalue weighted by atomic mass is 16.4. The van der Waals surface area contributed by atoms with Crippen molar-refractivity contribution >= 4 is 45.6 Å². The molecule has 0 bridgehead atoms. The van der Waals surface area contributed by atoms with Crippen LogP contribution in [0.15, 0.2) is 91.5 Å². The van der Waals surface area contributed by atoms with E-state index in [0.29, 0.717) is 28.4 Å². The summed E-state index contributed by atoms with van der Waals surface area (Å²) in [5.41, 5.74) is 4.87. The second-order valence-corrected chi connectivity index (χ2v) is 8.35. The number of imidazole rings is 1. The van der Waals surface area contributed by atoms with Crippen molar-refractivity contribution in [2.24, 2.45) is 0 Å². The monoisotopic (exact) mass is 489 g/mol. The Labute approximate surface area is 209 Å². The summed E-state index contributed by atoms with van der Waals surface area (Å²) in [4.78, 5) is 33.2. The molecule has 180 valence electrons. The number of aromatic carboxylic acids is 1. The minimum Gasteiger partial charge on any atom is -0.478 e. The molecule has 3 aromatic carbocycles. The van der Waals surface area contributed by atoms with Crippen molar-refractivity contribution < 1.29 is 14.7 Å². The van der Waals surface area contributed by atoms with Crippen molar-refractivity contribution in [1.29, 1.82) is 0 Å². The zero-order valence-corrected chi connectivity index (χ0v) is 19.2. The Morgan fingerprint density at radius 2 is 1.78 bits per heavy atom. The number of hydrogen-bond donors (Lipinski definition) is 4. The van der Waals surface area contributed by atoms with Crippen LogP contribution in [-0.2, 0) is 0 Å². The summed E-state index contributed by atoms with van der Waals surface area (Å²) >= 11 is 0. The summed E-state index contributed by atoms with van der Waals surface area (Å²) in [6.45, 7) is 0. The van der Waals surface area contributed by atoms with Gasteiger partial charge < -0.3 is 20.1 Å². The molecule has 0 radical (unpaired) electrons. The molecule has 10 heteroatoms. The first kappa shape index (κ1) is 22.0. The van der Waals surface area contributed by atoms with Crippen LogP contribution >= 0.6 is 0 Å². The lowest BCUT2D eigenvalue weighted by Gasteiger charge is -2.11. The number of aromatic nitrogens is 5. The van der Waals surface area contributed by atoms with Crippen LogP contribution in [0.1, 0.15) is 20.7 Å². The number of benzene rings is 3. The minimum absolute atomic E-state index is 0.148. The zero-order chi connectivity index (χ0) is 25.4. The van der Waals surface area contributed by atoms with Crippen molar-refractivity contribution in [2.45, 2.75) is 0 Å². The van der Waals surface area contributed by atoms with Gasteiger partial charge in [-0.2, -0.15) is 5.10 Å². The number of nitrogens with zero attached hydrogens (tertiary/aromatic N) is 4. The zero-order valence-electron chi connectivity index (χ0n) is 19.2. The van der Waals surface area contributed by atoms with Gasteiger partial charge in [0.25, 0.3) is 5.91 Å². The Kier molecular flexibility index (Phi) is 5.31. The molecule has 6 rings (SSSR count). The molecule has 0 spiro atoms. The number of carboxylic acids is 1. The van der Waals surface area contributed by atoms with E-state index in [9.17, 15) is 9.59 Å². The number of aromatic amines is 1. The van der Waals surface area contributed by atoms with Crippen LogP contribution in [0.4, 0.5) is 17.2 Å². The fourth-order valence-electron chi connectivity index (χ4n) is 4.03. The van der Waals surface area contributed by atoms with E-state index in [1.54, 1.807) is 42.7 Å². The minimum atomic E-state index is -1.02. The summed E-state index contributed by atoms with van der Waals surface area (Å²) in [6, 6.07) is 19.0. The van der Waals surface area contributed by atoms with Crippen molar-refractivity contribution in [3.63, 3.8) is 0 Å². The number of carbonyl (C=O) groups excluding carboxylic acids is 1. The first-order valence-electron chi connectivity index (χ1n) is 11.3. The molecule has 3 heterocycles. The fraction of sp³-hybridized carbons (Fsp3) is 0. The number of hydrogen-bond acceptors (Lipinski definition) is 6. The largest absolute Gasteiger partial charge is 0.478 e. The molecule has 0 atom stereocenters. The summed E-state index contributed by atoms with van der Waals surface area (Å²) in [6.07, 6.45) is 7.15. The second kappa shape index (κ2) is 8.93. The third-order valence-electron chi connectivity index (χ3n) is 5.89. The summed E-state index contributed by atoms with van der Waals surface area (Å²) < 4.78 is 1.87. The average Bonchev–Trinajstić information content (AvgIpc) is 3.58.